The molecule has 47 heavy (non-hydrogen) atoms. The Morgan fingerprint density at radius 1 is 1.04 bits per heavy atom. The number of nitrogens with zero attached hydrogens (tertiary/aromatic N) is 1. The molecule has 12 nitrogen and oxygen atoms in total. The average Bonchev–Trinajstić information content (AvgIpc) is 3.51. The molecule has 2 aliphatic rings. The molecule has 0 fully saturated rings. The summed E-state index contributed by atoms with van der Waals surface area (Å²) in [5.74, 6) is 1.52. The number of carbonyl (C=O) groups excluding carboxylic acids is 2. The van der Waals surface area contributed by atoms with Crippen LogP contribution in [-0.2, 0) is 20.9 Å². The number of amides is 1. The van der Waals surface area contributed by atoms with Gasteiger partial charge in [0, 0.05) is 11.3 Å². The van der Waals surface area contributed by atoms with Gasteiger partial charge < -0.3 is 39.1 Å². The highest BCUT2D eigenvalue weighted by molar-refractivity contribution is 7.80. The maximum absolute atomic E-state index is 12.8. The summed E-state index contributed by atoms with van der Waals surface area (Å²) in [6.45, 7) is 5.98. The zero-order valence-electron chi connectivity index (χ0n) is 25.9. The number of hydrogen-bond donors (Lipinski definition) is 3. The Hall–Kier alpha value is -5.01. The molecule has 2 aliphatic heterocycles. The van der Waals surface area contributed by atoms with Crippen LogP contribution >= 0.6 is 23.8 Å². The summed E-state index contributed by atoms with van der Waals surface area (Å²) in [5.41, 5.74) is 5.42. The Bertz CT molecular complexity index is 1730. The van der Waals surface area contributed by atoms with Crippen LogP contribution in [0.4, 0.5) is 0 Å². The fraction of sp³-hybridized carbons (Fsp3) is 0.273. The van der Waals surface area contributed by atoms with Crippen molar-refractivity contribution in [2.45, 2.75) is 33.4 Å². The van der Waals surface area contributed by atoms with Crippen molar-refractivity contribution in [2.75, 3.05) is 26.6 Å². The quantitative estimate of drug-likeness (QED) is 0.0981. The van der Waals surface area contributed by atoms with E-state index in [1.807, 2.05) is 25.1 Å². The number of nitrogens with one attached hydrogen (secondary N) is 3. The van der Waals surface area contributed by atoms with Gasteiger partial charge in [0.25, 0.3) is 5.91 Å². The molecule has 0 aliphatic carbocycles. The summed E-state index contributed by atoms with van der Waals surface area (Å²) < 4.78 is 33.7. The molecule has 0 aromatic heterocycles. The van der Waals surface area contributed by atoms with Gasteiger partial charge in [0.2, 0.25) is 6.79 Å². The van der Waals surface area contributed by atoms with Crippen LogP contribution in [0.1, 0.15) is 43.5 Å². The Kier molecular flexibility index (Phi) is 11.0. The van der Waals surface area contributed by atoms with Crippen LogP contribution in [-0.4, -0.2) is 49.8 Å². The third-order valence-electron chi connectivity index (χ3n) is 6.91. The van der Waals surface area contributed by atoms with E-state index in [1.165, 1.54) is 6.21 Å². The Balaban J connectivity index is 1.22. The van der Waals surface area contributed by atoms with Gasteiger partial charge in [-0.3, -0.25) is 4.79 Å². The summed E-state index contributed by atoms with van der Waals surface area (Å²) >= 11 is 11.9. The predicted molar refractivity (Wildman–Crippen MR) is 178 cm³/mol. The van der Waals surface area contributed by atoms with Crippen molar-refractivity contribution >= 4 is 47.0 Å². The van der Waals surface area contributed by atoms with E-state index in [-0.39, 0.29) is 26.6 Å². The molecular weight excluding hydrogens is 648 g/mol. The molecule has 0 radical (unpaired) electrons. The number of thiocarbonyl (C=S) groups is 1. The molecule has 0 saturated carbocycles. The van der Waals surface area contributed by atoms with Crippen molar-refractivity contribution in [1.82, 2.24) is 16.1 Å². The fourth-order valence-electron chi connectivity index (χ4n) is 4.86. The van der Waals surface area contributed by atoms with Crippen molar-refractivity contribution in [3.05, 3.63) is 87.6 Å². The number of hydrogen-bond acceptors (Lipinski definition) is 10. The van der Waals surface area contributed by atoms with Gasteiger partial charge >= 0.3 is 5.97 Å². The molecule has 3 aromatic rings. The van der Waals surface area contributed by atoms with Crippen LogP contribution in [0.25, 0.3) is 0 Å². The average molecular weight is 681 g/mol. The number of para-hydroxylation sites is 1. The van der Waals surface area contributed by atoms with Gasteiger partial charge in [-0.25, -0.2) is 10.2 Å². The number of ether oxygens (including phenoxy) is 6. The Labute approximate surface area is 281 Å². The number of esters is 1. The number of allylic oxidation sites excluding steroid dienone is 1. The number of rotatable bonds is 13. The van der Waals surface area contributed by atoms with Gasteiger partial charge in [-0.15, -0.1) is 0 Å². The molecule has 3 N–H and O–H groups in total. The third kappa shape index (κ3) is 8.23. The van der Waals surface area contributed by atoms with Crippen molar-refractivity contribution in [1.29, 1.82) is 0 Å². The van der Waals surface area contributed by atoms with E-state index in [4.69, 9.17) is 52.2 Å². The SMILES string of the molecule is CCOC(=O)C1=C(C)NC(=S)N[C@H]1c1ccccc1OCC(=O)NN=Cc1cc(Cl)c(OCc2ccc3c(c2)OCO3)c(OCC)c1. The molecular formula is C33H33ClN4O8S. The number of fused-ring (bicyclic) bond motifs is 1. The molecule has 3 aromatic carbocycles. The molecule has 246 valence electrons. The van der Waals surface area contributed by atoms with Gasteiger partial charge in [0.05, 0.1) is 36.1 Å². The number of benzene rings is 3. The van der Waals surface area contributed by atoms with Crippen LogP contribution in [0.5, 0.6) is 28.7 Å². The first-order valence-corrected chi connectivity index (χ1v) is 15.5. The lowest BCUT2D eigenvalue weighted by atomic mass is 9.95. The first-order chi connectivity index (χ1) is 22.8. The van der Waals surface area contributed by atoms with Crippen LogP contribution in [0.3, 0.4) is 0 Å². The second-order valence-electron chi connectivity index (χ2n) is 10.1. The monoisotopic (exact) mass is 680 g/mol. The highest BCUT2D eigenvalue weighted by Gasteiger charge is 2.32. The zero-order valence-corrected chi connectivity index (χ0v) is 27.5. The number of carbonyl (C=O) groups is 2. The Morgan fingerprint density at radius 2 is 1.85 bits per heavy atom. The van der Waals surface area contributed by atoms with Gasteiger partial charge in [0.15, 0.2) is 34.7 Å². The molecule has 0 spiro atoms. The second-order valence-corrected chi connectivity index (χ2v) is 11.0. The van der Waals surface area contributed by atoms with Gasteiger partial charge in [-0.1, -0.05) is 35.9 Å². The minimum Gasteiger partial charge on any atom is -0.490 e. The van der Waals surface area contributed by atoms with Crippen molar-refractivity contribution in [2.24, 2.45) is 5.10 Å². The standard InChI is InChI=1S/C33H33ClN4O8S/c1-4-41-27-14-21(12-23(34)31(27)44-16-20-10-11-25-26(13-20)46-18-45-25)15-35-38-28(39)17-43-24-9-7-6-8-22(24)30-29(32(40)42-5-2)19(3)36-33(47)37-30/h6-15,30H,4-5,16-18H2,1-3H3,(H,38,39)(H2,36,37,47)/t30-/m0/s1. The van der Waals surface area contributed by atoms with Gasteiger partial charge in [0.1, 0.15) is 12.4 Å². The highest BCUT2D eigenvalue weighted by atomic mass is 35.5. The number of hydrazone groups is 1. The smallest absolute Gasteiger partial charge is 0.338 e. The van der Waals surface area contributed by atoms with E-state index in [0.717, 1.165) is 5.56 Å². The van der Waals surface area contributed by atoms with Crippen molar-refractivity contribution < 1.29 is 38.0 Å². The number of halogens is 1. The normalized spacial score (nSPS) is 15.1. The lowest BCUT2D eigenvalue weighted by molar-refractivity contribution is -0.139. The van der Waals surface area contributed by atoms with E-state index in [2.05, 4.69) is 21.2 Å². The van der Waals surface area contributed by atoms with Crippen LogP contribution in [0.2, 0.25) is 5.02 Å². The van der Waals surface area contributed by atoms with Gasteiger partial charge in [-0.05, 0) is 74.4 Å². The van der Waals surface area contributed by atoms with E-state index in [9.17, 15) is 9.59 Å². The summed E-state index contributed by atoms with van der Waals surface area (Å²) in [4.78, 5) is 25.4. The molecule has 14 heteroatoms. The predicted octanol–water partition coefficient (Wildman–Crippen LogP) is 4.93. The fourth-order valence-corrected chi connectivity index (χ4v) is 5.41. The first kappa shape index (κ1) is 33.4. The maximum atomic E-state index is 12.8. The molecule has 2 heterocycles. The molecule has 0 saturated heterocycles. The molecule has 5 rings (SSSR count). The minimum atomic E-state index is -0.645. The zero-order chi connectivity index (χ0) is 33.3. The summed E-state index contributed by atoms with van der Waals surface area (Å²) in [5, 5.41) is 10.8. The topological polar surface area (TPSA) is 138 Å². The first-order valence-electron chi connectivity index (χ1n) is 14.7. The lowest BCUT2D eigenvalue weighted by Crippen LogP contribution is -2.45. The lowest BCUT2D eigenvalue weighted by Gasteiger charge is -2.30. The molecule has 0 unspecified atom stereocenters. The maximum Gasteiger partial charge on any atom is 0.338 e. The molecule has 0 bridgehead atoms. The van der Waals surface area contributed by atoms with E-state index in [1.54, 1.807) is 50.2 Å². The largest absolute Gasteiger partial charge is 0.490 e. The van der Waals surface area contributed by atoms with Crippen LogP contribution < -0.4 is 39.7 Å². The van der Waals surface area contributed by atoms with E-state index < -0.39 is 17.9 Å². The van der Waals surface area contributed by atoms with Crippen LogP contribution in [0, 0.1) is 0 Å². The van der Waals surface area contributed by atoms with Gasteiger partial charge in [-0.2, -0.15) is 5.10 Å². The van der Waals surface area contributed by atoms with Crippen molar-refractivity contribution in [3.63, 3.8) is 0 Å². The van der Waals surface area contributed by atoms with Crippen LogP contribution in [0.15, 0.2) is 71.0 Å². The van der Waals surface area contributed by atoms with E-state index >= 15 is 0 Å². The third-order valence-corrected chi connectivity index (χ3v) is 7.41. The Morgan fingerprint density at radius 3 is 2.66 bits per heavy atom. The summed E-state index contributed by atoms with van der Waals surface area (Å²) in [6, 6.07) is 15.3. The minimum absolute atomic E-state index is 0.188. The summed E-state index contributed by atoms with van der Waals surface area (Å²) in [6.07, 6.45) is 1.43. The molecule has 1 atom stereocenters. The summed E-state index contributed by atoms with van der Waals surface area (Å²) in [7, 11) is 0. The van der Waals surface area contributed by atoms with Crippen molar-refractivity contribution in [3.8, 4) is 28.7 Å². The highest BCUT2D eigenvalue weighted by Crippen LogP contribution is 2.38. The molecule has 1 amide bonds. The second kappa shape index (κ2) is 15.5. The van der Waals surface area contributed by atoms with E-state index in [0.29, 0.717) is 67.9 Å².